The van der Waals surface area contributed by atoms with E-state index in [4.69, 9.17) is 4.74 Å². The van der Waals surface area contributed by atoms with Crippen molar-refractivity contribution in [2.45, 2.75) is 6.42 Å². The highest BCUT2D eigenvalue weighted by Gasteiger charge is 2.07. The van der Waals surface area contributed by atoms with Crippen molar-refractivity contribution >= 4 is 0 Å². The van der Waals surface area contributed by atoms with Gasteiger partial charge in [-0.25, -0.2) is 4.39 Å². The van der Waals surface area contributed by atoms with Crippen LogP contribution in [-0.4, -0.2) is 7.11 Å². The fourth-order valence-electron chi connectivity index (χ4n) is 3.40. The summed E-state index contributed by atoms with van der Waals surface area (Å²) in [5, 5.41) is 0. The van der Waals surface area contributed by atoms with Crippen LogP contribution >= 0.6 is 0 Å². The van der Waals surface area contributed by atoms with Crippen molar-refractivity contribution in [2.75, 3.05) is 7.11 Å². The van der Waals surface area contributed by atoms with Crippen LogP contribution in [0.2, 0.25) is 0 Å². The maximum absolute atomic E-state index is 13.2. The van der Waals surface area contributed by atoms with Gasteiger partial charge in [-0.2, -0.15) is 0 Å². The number of benzene rings is 4. The number of hydrogen-bond donors (Lipinski definition) is 0. The van der Waals surface area contributed by atoms with Crippen molar-refractivity contribution in [3.8, 4) is 28.0 Å². The van der Waals surface area contributed by atoms with Gasteiger partial charge >= 0.3 is 0 Å². The van der Waals surface area contributed by atoms with Gasteiger partial charge < -0.3 is 4.74 Å². The molecule has 138 valence electrons. The summed E-state index contributed by atoms with van der Waals surface area (Å²) < 4.78 is 18.4. The monoisotopic (exact) mass is 368 g/mol. The number of hydrogen-bond acceptors (Lipinski definition) is 1. The molecule has 0 aliphatic heterocycles. The summed E-state index contributed by atoms with van der Waals surface area (Å²) in [6, 6.07) is 31.8. The maximum Gasteiger partial charge on any atom is 0.123 e. The molecule has 0 unspecified atom stereocenters. The fourth-order valence-corrected chi connectivity index (χ4v) is 3.40. The van der Waals surface area contributed by atoms with Gasteiger partial charge in [-0.1, -0.05) is 72.8 Å². The van der Waals surface area contributed by atoms with E-state index in [0.717, 1.165) is 23.3 Å². The van der Waals surface area contributed by atoms with E-state index >= 15 is 0 Å². The van der Waals surface area contributed by atoms with Crippen molar-refractivity contribution in [2.24, 2.45) is 0 Å². The van der Waals surface area contributed by atoms with Gasteiger partial charge in [0.15, 0.2) is 0 Å². The van der Waals surface area contributed by atoms with Crippen molar-refractivity contribution in [3.05, 3.63) is 114 Å². The molecule has 0 spiro atoms. The molecule has 0 N–H and O–H groups in total. The molecule has 0 aliphatic carbocycles. The first-order valence-electron chi connectivity index (χ1n) is 9.30. The molecule has 0 saturated heterocycles. The molecule has 0 fully saturated rings. The van der Waals surface area contributed by atoms with Gasteiger partial charge in [0.25, 0.3) is 0 Å². The zero-order valence-corrected chi connectivity index (χ0v) is 15.7. The largest absolute Gasteiger partial charge is 0.497 e. The Morgan fingerprint density at radius 1 is 0.643 bits per heavy atom. The van der Waals surface area contributed by atoms with Gasteiger partial charge in [-0.15, -0.1) is 0 Å². The lowest BCUT2D eigenvalue weighted by Crippen LogP contribution is -1.92. The van der Waals surface area contributed by atoms with Crippen LogP contribution < -0.4 is 4.74 Å². The van der Waals surface area contributed by atoms with Crippen LogP contribution in [0.1, 0.15) is 11.1 Å². The number of halogens is 1. The Labute approximate surface area is 165 Å². The first-order chi connectivity index (χ1) is 13.7. The molecule has 0 aliphatic rings. The molecule has 4 aromatic carbocycles. The number of ether oxygens (including phenoxy) is 1. The van der Waals surface area contributed by atoms with Gasteiger partial charge in [0.05, 0.1) is 7.11 Å². The van der Waals surface area contributed by atoms with E-state index in [1.54, 1.807) is 7.11 Å². The highest BCUT2D eigenvalue weighted by Crippen LogP contribution is 2.29. The molecule has 1 nitrogen and oxygen atoms in total. The van der Waals surface area contributed by atoms with Crippen LogP contribution in [0.25, 0.3) is 22.3 Å². The molecule has 0 bridgehead atoms. The smallest absolute Gasteiger partial charge is 0.123 e. The number of rotatable bonds is 5. The number of methoxy groups -OCH3 is 1. The first-order valence-corrected chi connectivity index (χ1v) is 9.30. The topological polar surface area (TPSA) is 9.23 Å². The van der Waals surface area contributed by atoms with Crippen LogP contribution in [0.5, 0.6) is 5.75 Å². The van der Waals surface area contributed by atoms with Crippen molar-refractivity contribution in [3.63, 3.8) is 0 Å². The van der Waals surface area contributed by atoms with E-state index in [2.05, 4.69) is 54.6 Å². The Balaban J connectivity index is 1.61. The molecule has 0 saturated carbocycles. The molecule has 0 radical (unpaired) electrons. The van der Waals surface area contributed by atoms with Gasteiger partial charge in [-0.3, -0.25) is 0 Å². The van der Waals surface area contributed by atoms with Crippen molar-refractivity contribution < 1.29 is 9.13 Å². The molecule has 0 atom stereocenters. The van der Waals surface area contributed by atoms with Crippen LogP contribution in [0.4, 0.5) is 4.39 Å². The van der Waals surface area contributed by atoms with E-state index in [1.807, 2.05) is 30.3 Å². The zero-order chi connectivity index (χ0) is 19.3. The lowest BCUT2D eigenvalue weighted by atomic mass is 9.93. The molecule has 0 heterocycles. The van der Waals surface area contributed by atoms with Crippen molar-refractivity contribution in [1.82, 2.24) is 0 Å². The Morgan fingerprint density at radius 3 is 1.86 bits per heavy atom. The Kier molecular flexibility index (Phi) is 5.20. The summed E-state index contributed by atoms with van der Waals surface area (Å²) in [6.07, 6.45) is 0.774. The van der Waals surface area contributed by atoms with E-state index in [0.29, 0.717) is 0 Å². The molecule has 0 amide bonds. The Morgan fingerprint density at radius 2 is 1.21 bits per heavy atom. The van der Waals surface area contributed by atoms with Gasteiger partial charge in [0.2, 0.25) is 0 Å². The van der Waals surface area contributed by atoms with Gasteiger partial charge in [-0.05, 0) is 64.1 Å². The molecule has 28 heavy (non-hydrogen) atoms. The molecular weight excluding hydrogens is 347 g/mol. The second-order valence-corrected chi connectivity index (χ2v) is 6.77. The van der Waals surface area contributed by atoms with Crippen LogP contribution in [0.3, 0.4) is 0 Å². The minimum absolute atomic E-state index is 0.203. The van der Waals surface area contributed by atoms with Crippen LogP contribution in [0, 0.1) is 5.82 Å². The normalized spacial score (nSPS) is 10.6. The highest BCUT2D eigenvalue weighted by atomic mass is 19.1. The zero-order valence-electron chi connectivity index (χ0n) is 15.7. The standard InChI is InChI=1S/C26H21FO/c1-28-25-16-12-21(13-17-25)20-8-10-22(11-9-20)26-5-3-2-4-23(26)18-19-6-14-24(27)15-7-19/h2-17H,18H2,1H3. The fraction of sp³-hybridized carbons (Fsp3) is 0.0769. The summed E-state index contributed by atoms with van der Waals surface area (Å²) in [5.74, 6) is 0.654. The minimum atomic E-state index is -0.203. The Bertz CT molecular complexity index is 1050. The molecule has 4 aromatic rings. The third-order valence-electron chi connectivity index (χ3n) is 4.94. The Hall–Kier alpha value is -3.39. The van der Waals surface area contributed by atoms with E-state index in [-0.39, 0.29) is 5.82 Å². The van der Waals surface area contributed by atoms with Crippen LogP contribution in [0.15, 0.2) is 97.1 Å². The average molecular weight is 368 g/mol. The highest BCUT2D eigenvalue weighted by molar-refractivity contribution is 5.72. The molecule has 4 rings (SSSR count). The van der Waals surface area contributed by atoms with Gasteiger partial charge in [0, 0.05) is 0 Å². The second kappa shape index (κ2) is 8.10. The van der Waals surface area contributed by atoms with Gasteiger partial charge in [0.1, 0.15) is 11.6 Å². The molecule has 0 aromatic heterocycles. The minimum Gasteiger partial charge on any atom is -0.497 e. The summed E-state index contributed by atoms with van der Waals surface area (Å²) in [6.45, 7) is 0. The summed E-state index contributed by atoms with van der Waals surface area (Å²) in [5.41, 5.74) is 7.03. The third-order valence-corrected chi connectivity index (χ3v) is 4.94. The second-order valence-electron chi connectivity index (χ2n) is 6.77. The lowest BCUT2D eigenvalue weighted by molar-refractivity contribution is 0.415. The summed E-state index contributed by atoms with van der Waals surface area (Å²) in [4.78, 5) is 0. The van der Waals surface area contributed by atoms with Crippen molar-refractivity contribution in [1.29, 1.82) is 0 Å². The summed E-state index contributed by atoms with van der Waals surface area (Å²) >= 11 is 0. The summed E-state index contributed by atoms with van der Waals surface area (Å²) in [7, 11) is 1.67. The average Bonchev–Trinajstić information content (AvgIpc) is 2.76. The predicted octanol–water partition coefficient (Wildman–Crippen LogP) is 6.76. The van der Waals surface area contributed by atoms with E-state index < -0.39 is 0 Å². The van der Waals surface area contributed by atoms with E-state index in [1.165, 1.54) is 34.4 Å². The van der Waals surface area contributed by atoms with Crippen LogP contribution in [-0.2, 0) is 6.42 Å². The molecular formula is C26H21FO. The predicted molar refractivity (Wildman–Crippen MR) is 113 cm³/mol. The quantitative estimate of drug-likeness (QED) is 0.378. The maximum atomic E-state index is 13.2. The third kappa shape index (κ3) is 3.96. The molecule has 2 heteroatoms. The lowest BCUT2D eigenvalue weighted by Gasteiger charge is -2.11. The SMILES string of the molecule is COc1ccc(-c2ccc(-c3ccccc3Cc3ccc(F)cc3)cc2)cc1. The first kappa shape index (κ1) is 18.0. The van der Waals surface area contributed by atoms with E-state index in [9.17, 15) is 4.39 Å².